The van der Waals surface area contributed by atoms with Crippen LogP contribution in [0.15, 0.2) is 36.5 Å². The monoisotopic (exact) mass is 525 g/mol. The first-order valence-corrected chi connectivity index (χ1v) is 14.6. The van der Waals surface area contributed by atoms with Gasteiger partial charge in [0.1, 0.15) is 5.82 Å². The van der Waals surface area contributed by atoms with Gasteiger partial charge in [0.05, 0.1) is 5.56 Å². The molecule has 3 fully saturated rings. The average Bonchev–Trinajstić information content (AvgIpc) is 2.94. The Kier molecular flexibility index (Phi) is 9.01. The number of rotatable bonds is 7. The van der Waals surface area contributed by atoms with Crippen LogP contribution in [-0.4, -0.2) is 72.5 Å². The minimum absolute atomic E-state index is 0. The number of hydrogen-bond donors (Lipinski definition) is 1. The van der Waals surface area contributed by atoms with Crippen LogP contribution in [0.2, 0.25) is 5.02 Å². The zero-order valence-corrected chi connectivity index (χ0v) is 23.1. The zero-order chi connectivity index (χ0) is 25.6. The third kappa shape index (κ3) is 7.04. The van der Waals surface area contributed by atoms with Crippen molar-refractivity contribution in [1.29, 1.82) is 0 Å². The van der Waals surface area contributed by atoms with E-state index in [9.17, 15) is 4.79 Å². The number of piperazine rings is 1. The van der Waals surface area contributed by atoms with Crippen molar-refractivity contribution in [3.05, 3.63) is 58.2 Å². The Morgan fingerprint density at radius 1 is 1.00 bits per heavy atom. The fraction of sp³-hybridized carbons (Fsp3) is 0.600. The van der Waals surface area contributed by atoms with Crippen LogP contribution in [0.4, 0.5) is 5.82 Å². The highest BCUT2D eigenvalue weighted by atomic mass is 35.5. The summed E-state index contributed by atoms with van der Waals surface area (Å²) in [4.78, 5) is 25.1. The van der Waals surface area contributed by atoms with Gasteiger partial charge in [-0.3, -0.25) is 14.6 Å². The molecule has 5 rings (SSSR count). The predicted octanol–water partition coefficient (Wildman–Crippen LogP) is 5.39. The molecule has 0 unspecified atom stereocenters. The van der Waals surface area contributed by atoms with Crippen LogP contribution in [0, 0.1) is 12.8 Å². The maximum atomic E-state index is 12.7. The van der Waals surface area contributed by atoms with E-state index in [1.807, 2.05) is 18.2 Å². The van der Waals surface area contributed by atoms with E-state index in [0.29, 0.717) is 17.5 Å². The Bertz CT molecular complexity index is 1030. The smallest absolute Gasteiger partial charge is 0.252 e. The molecule has 2 saturated heterocycles. The van der Waals surface area contributed by atoms with Crippen molar-refractivity contribution in [3.63, 3.8) is 0 Å². The number of aryl methyl sites for hydroxylation is 1. The van der Waals surface area contributed by atoms with Crippen LogP contribution in [0.25, 0.3) is 0 Å². The number of aromatic nitrogens is 1. The quantitative estimate of drug-likeness (QED) is 0.525. The highest BCUT2D eigenvalue weighted by Gasteiger charge is 2.28. The number of pyridine rings is 1. The second-order valence-corrected chi connectivity index (χ2v) is 11.7. The van der Waals surface area contributed by atoms with Crippen molar-refractivity contribution >= 4 is 23.3 Å². The van der Waals surface area contributed by atoms with Gasteiger partial charge in [-0.15, -0.1) is 0 Å². The predicted molar refractivity (Wildman–Crippen MR) is 154 cm³/mol. The molecule has 2 aromatic rings. The van der Waals surface area contributed by atoms with Crippen molar-refractivity contribution in [3.8, 4) is 0 Å². The standard InChI is InChI=1S/C30H42ClN5O.H2/c1-23-19-26(30(37)33-20-24-5-3-2-4-6-24)21-32-29(23)36-17-15-35(16-18-36)28-11-13-34(14-12-28)22-25-7-9-27(31)10-8-25;/h7-10,19,21,24,28H,2-6,11-18,20,22H2,1H3,(H,33,37);1H. The van der Waals surface area contributed by atoms with E-state index in [4.69, 9.17) is 16.6 Å². The Balaban J connectivity index is 0.00000336. The van der Waals surface area contributed by atoms with E-state index in [2.05, 4.69) is 39.1 Å². The molecular formula is C30H44ClN5O. The molecule has 1 saturated carbocycles. The number of amides is 1. The Morgan fingerprint density at radius 2 is 1.70 bits per heavy atom. The lowest BCUT2D eigenvalue weighted by Crippen LogP contribution is -2.53. The third-order valence-corrected chi connectivity index (χ3v) is 8.85. The summed E-state index contributed by atoms with van der Waals surface area (Å²) in [7, 11) is 0. The molecule has 2 aliphatic heterocycles. The lowest BCUT2D eigenvalue weighted by Gasteiger charge is -2.43. The van der Waals surface area contributed by atoms with Crippen LogP contribution in [-0.2, 0) is 6.54 Å². The zero-order valence-electron chi connectivity index (χ0n) is 22.3. The van der Waals surface area contributed by atoms with Gasteiger partial charge in [-0.1, -0.05) is 43.0 Å². The van der Waals surface area contributed by atoms with E-state index >= 15 is 0 Å². The maximum absolute atomic E-state index is 12.7. The second kappa shape index (κ2) is 12.6. The van der Waals surface area contributed by atoms with Gasteiger partial charge in [-0.25, -0.2) is 4.98 Å². The SMILES string of the molecule is Cc1cc(C(=O)NCC2CCCCC2)cnc1N1CCN(C2CCN(Cc3ccc(Cl)cc3)CC2)CC1.[HH]. The van der Waals surface area contributed by atoms with Gasteiger partial charge >= 0.3 is 0 Å². The van der Waals surface area contributed by atoms with Crippen molar-refractivity contribution in [1.82, 2.24) is 20.1 Å². The molecule has 3 heterocycles. The molecule has 6 nitrogen and oxygen atoms in total. The third-order valence-electron chi connectivity index (χ3n) is 8.60. The number of hydrogen-bond acceptors (Lipinski definition) is 5. The average molecular weight is 526 g/mol. The topological polar surface area (TPSA) is 51.7 Å². The van der Waals surface area contributed by atoms with Crippen molar-refractivity contribution in [2.75, 3.05) is 50.7 Å². The Hall–Kier alpha value is -2.15. The first-order chi connectivity index (χ1) is 18.0. The van der Waals surface area contributed by atoms with Crippen molar-refractivity contribution in [2.24, 2.45) is 5.92 Å². The number of nitrogens with one attached hydrogen (secondary N) is 1. The number of piperidine rings is 1. The van der Waals surface area contributed by atoms with Gasteiger partial charge in [0.2, 0.25) is 0 Å². The summed E-state index contributed by atoms with van der Waals surface area (Å²) in [6.45, 7) is 10.3. The molecule has 0 radical (unpaired) electrons. The lowest BCUT2D eigenvalue weighted by atomic mass is 9.89. The summed E-state index contributed by atoms with van der Waals surface area (Å²) in [5, 5.41) is 3.95. The molecule has 3 aliphatic rings. The van der Waals surface area contributed by atoms with E-state index < -0.39 is 0 Å². The van der Waals surface area contributed by atoms with Gasteiger partial charge in [-0.2, -0.15) is 0 Å². The fourth-order valence-electron chi connectivity index (χ4n) is 6.34. The first-order valence-electron chi connectivity index (χ1n) is 14.3. The van der Waals surface area contributed by atoms with Crippen molar-refractivity contribution in [2.45, 2.75) is 64.5 Å². The summed E-state index contributed by atoms with van der Waals surface area (Å²) in [5.41, 5.74) is 3.11. The number of benzene rings is 1. The fourth-order valence-corrected chi connectivity index (χ4v) is 6.47. The largest absolute Gasteiger partial charge is 0.354 e. The van der Waals surface area contributed by atoms with E-state index in [1.54, 1.807) is 6.20 Å². The van der Waals surface area contributed by atoms with Crippen LogP contribution < -0.4 is 10.2 Å². The molecule has 1 aliphatic carbocycles. The van der Waals surface area contributed by atoms with Crippen LogP contribution in [0.3, 0.4) is 0 Å². The highest BCUT2D eigenvalue weighted by Crippen LogP contribution is 2.25. The molecule has 202 valence electrons. The first kappa shape index (κ1) is 26.5. The summed E-state index contributed by atoms with van der Waals surface area (Å²) in [6, 6.07) is 10.9. The highest BCUT2D eigenvalue weighted by molar-refractivity contribution is 6.30. The summed E-state index contributed by atoms with van der Waals surface area (Å²) >= 11 is 6.03. The van der Waals surface area contributed by atoms with Gasteiger partial charge in [-0.05, 0) is 80.9 Å². The molecule has 1 aromatic carbocycles. The van der Waals surface area contributed by atoms with Crippen LogP contribution in [0.5, 0.6) is 0 Å². The minimum atomic E-state index is 0. The number of carbonyl (C=O) groups excluding carboxylic acids is 1. The molecule has 37 heavy (non-hydrogen) atoms. The van der Waals surface area contributed by atoms with Crippen LogP contribution >= 0.6 is 11.6 Å². The molecule has 1 amide bonds. The summed E-state index contributed by atoms with van der Waals surface area (Å²) < 4.78 is 0. The number of halogens is 1. The van der Waals surface area contributed by atoms with E-state index in [0.717, 1.165) is 68.8 Å². The van der Waals surface area contributed by atoms with E-state index in [-0.39, 0.29) is 7.33 Å². The van der Waals surface area contributed by atoms with Gasteiger partial charge < -0.3 is 10.2 Å². The van der Waals surface area contributed by atoms with Gasteiger partial charge in [0.25, 0.3) is 5.91 Å². The Morgan fingerprint density at radius 3 is 2.38 bits per heavy atom. The summed E-state index contributed by atoms with van der Waals surface area (Å²) in [6.07, 6.45) is 10.6. The summed E-state index contributed by atoms with van der Waals surface area (Å²) in [5.74, 6) is 1.68. The molecule has 0 spiro atoms. The van der Waals surface area contributed by atoms with E-state index in [1.165, 1.54) is 50.5 Å². The molecular weight excluding hydrogens is 482 g/mol. The van der Waals surface area contributed by atoms with Crippen molar-refractivity contribution < 1.29 is 6.22 Å². The normalized spacial score (nSPS) is 20.8. The van der Waals surface area contributed by atoms with Gasteiger partial charge in [0.15, 0.2) is 0 Å². The number of likely N-dealkylation sites (tertiary alicyclic amines) is 1. The number of nitrogens with zero attached hydrogens (tertiary/aromatic N) is 4. The Labute approximate surface area is 228 Å². The minimum Gasteiger partial charge on any atom is -0.354 e. The molecule has 1 aromatic heterocycles. The molecule has 7 heteroatoms. The van der Waals surface area contributed by atoms with Gasteiger partial charge in [0, 0.05) is 58.0 Å². The molecule has 0 atom stereocenters. The number of carbonyl (C=O) groups is 1. The second-order valence-electron chi connectivity index (χ2n) is 11.2. The van der Waals surface area contributed by atoms with Crippen LogP contribution in [0.1, 0.15) is 67.9 Å². The molecule has 1 N–H and O–H groups in total. The molecule has 0 bridgehead atoms. The number of anilines is 1. The maximum Gasteiger partial charge on any atom is 0.252 e. The lowest BCUT2D eigenvalue weighted by molar-refractivity contribution is 0.0943.